The topological polar surface area (TPSA) is 61.6 Å². The van der Waals surface area contributed by atoms with Crippen LogP contribution < -0.4 is 16.0 Å². The monoisotopic (exact) mass is 282 g/mol. The van der Waals surface area contributed by atoms with Crippen molar-refractivity contribution < 1.29 is 4.79 Å². The van der Waals surface area contributed by atoms with Gasteiger partial charge in [0.1, 0.15) is 4.88 Å². The van der Waals surface area contributed by atoms with E-state index in [1.54, 1.807) is 0 Å². The SMILES string of the molecule is CCNC(=O)c1sc(N2CCC(N(C)C)C2)cc1N. The van der Waals surface area contributed by atoms with E-state index in [2.05, 4.69) is 29.2 Å². The fraction of sp³-hybridized carbons (Fsp3) is 0.615. The molecule has 2 rings (SSSR count). The van der Waals surface area contributed by atoms with Crippen molar-refractivity contribution in [3.8, 4) is 0 Å². The number of anilines is 2. The first-order valence-corrected chi connectivity index (χ1v) is 7.43. The molecule has 1 atom stereocenters. The zero-order chi connectivity index (χ0) is 14.0. The van der Waals surface area contributed by atoms with E-state index in [1.807, 2.05) is 13.0 Å². The first-order valence-electron chi connectivity index (χ1n) is 6.61. The normalized spacial score (nSPS) is 19.2. The summed E-state index contributed by atoms with van der Waals surface area (Å²) in [5.74, 6) is -0.0698. The molecule has 1 aromatic heterocycles. The van der Waals surface area contributed by atoms with Crippen LogP contribution in [0.2, 0.25) is 0 Å². The minimum absolute atomic E-state index is 0.0698. The lowest BCUT2D eigenvalue weighted by atomic mass is 10.2. The number of nitrogens with two attached hydrogens (primary N) is 1. The summed E-state index contributed by atoms with van der Waals surface area (Å²) in [5, 5.41) is 3.90. The highest BCUT2D eigenvalue weighted by Gasteiger charge is 2.26. The number of likely N-dealkylation sites (N-methyl/N-ethyl adjacent to an activating group) is 1. The lowest BCUT2D eigenvalue weighted by Crippen LogP contribution is -2.31. The number of nitrogen functional groups attached to an aromatic ring is 1. The van der Waals surface area contributed by atoms with Gasteiger partial charge in [0.05, 0.1) is 10.7 Å². The Hall–Kier alpha value is -1.27. The Morgan fingerprint density at radius 1 is 1.63 bits per heavy atom. The number of carbonyl (C=O) groups excluding carboxylic acids is 1. The van der Waals surface area contributed by atoms with Gasteiger partial charge in [-0.05, 0) is 33.5 Å². The maximum atomic E-state index is 11.9. The molecule has 0 bridgehead atoms. The van der Waals surface area contributed by atoms with Gasteiger partial charge in [-0.1, -0.05) is 0 Å². The molecule has 2 heterocycles. The maximum Gasteiger partial charge on any atom is 0.263 e. The number of nitrogens with zero attached hydrogens (tertiary/aromatic N) is 2. The summed E-state index contributed by atoms with van der Waals surface area (Å²) in [6.45, 7) is 4.56. The highest BCUT2D eigenvalue weighted by molar-refractivity contribution is 7.18. The quantitative estimate of drug-likeness (QED) is 0.872. The van der Waals surface area contributed by atoms with Crippen LogP contribution in [-0.2, 0) is 0 Å². The summed E-state index contributed by atoms with van der Waals surface area (Å²) in [6.07, 6.45) is 1.15. The molecular weight excluding hydrogens is 260 g/mol. The Morgan fingerprint density at radius 2 is 2.37 bits per heavy atom. The molecule has 1 amide bonds. The van der Waals surface area contributed by atoms with Crippen molar-refractivity contribution >= 4 is 27.9 Å². The van der Waals surface area contributed by atoms with Gasteiger partial charge >= 0.3 is 0 Å². The second-order valence-electron chi connectivity index (χ2n) is 5.08. The van der Waals surface area contributed by atoms with Crippen LogP contribution in [0.25, 0.3) is 0 Å². The minimum atomic E-state index is -0.0698. The van der Waals surface area contributed by atoms with Gasteiger partial charge in [0.15, 0.2) is 0 Å². The molecule has 1 aliphatic rings. The van der Waals surface area contributed by atoms with Crippen LogP contribution in [-0.4, -0.2) is 50.6 Å². The van der Waals surface area contributed by atoms with Gasteiger partial charge in [0, 0.05) is 25.7 Å². The Kier molecular flexibility index (Phi) is 4.31. The molecule has 1 aliphatic heterocycles. The molecule has 1 saturated heterocycles. The maximum absolute atomic E-state index is 11.9. The molecule has 0 aliphatic carbocycles. The highest BCUT2D eigenvalue weighted by Crippen LogP contribution is 2.34. The van der Waals surface area contributed by atoms with Crippen molar-refractivity contribution in [1.82, 2.24) is 10.2 Å². The molecule has 1 fully saturated rings. The van der Waals surface area contributed by atoms with Crippen LogP contribution in [0.1, 0.15) is 23.0 Å². The molecule has 0 spiro atoms. The predicted octanol–water partition coefficient (Wildman–Crippen LogP) is 1.22. The van der Waals surface area contributed by atoms with Gasteiger partial charge in [-0.3, -0.25) is 4.79 Å². The molecule has 6 heteroatoms. The van der Waals surface area contributed by atoms with Gasteiger partial charge in [-0.15, -0.1) is 11.3 Å². The smallest absolute Gasteiger partial charge is 0.263 e. The first kappa shape index (κ1) is 14.1. The van der Waals surface area contributed by atoms with Crippen LogP contribution in [0.4, 0.5) is 10.7 Å². The Bertz CT molecular complexity index is 457. The number of hydrogen-bond acceptors (Lipinski definition) is 5. The molecule has 0 radical (unpaired) electrons. The number of rotatable bonds is 4. The summed E-state index contributed by atoms with van der Waals surface area (Å²) in [7, 11) is 4.22. The zero-order valence-electron chi connectivity index (χ0n) is 11.8. The van der Waals surface area contributed by atoms with Crippen molar-refractivity contribution in [1.29, 1.82) is 0 Å². The average molecular weight is 282 g/mol. The summed E-state index contributed by atoms with van der Waals surface area (Å²) >= 11 is 1.49. The molecule has 106 valence electrons. The Labute approximate surface area is 118 Å². The molecule has 5 nitrogen and oxygen atoms in total. The number of carbonyl (C=O) groups is 1. The fourth-order valence-corrected chi connectivity index (χ4v) is 3.36. The Morgan fingerprint density at radius 3 is 2.95 bits per heavy atom. The van der Waals surface area contributed by atoms with Crippen molar-refractivity contribution in [2.24, 2.45) is 0 Å². The van der Waals surface area contributed by atoms with E-state index in [9.17, 15) is 4.79 Å². The summed E-state index contributed by atoms with van der Waals surface area (Å²) < 4.78 is 0. The van der Waals surface area contributed by atoms with Gasteiger partial charge in [0.25, 0.3) is 5.91 Å². The van der Waals surface area contributed by atoms with E-state index in [1.165, 1.54) is 11.3 Å². The van der Waals surface area contributed by atoms with E-state index < -0.39 is 0 Å². The molecule has 0 aromatic carbocycles. The molecule has 1 aromatic rings. The molecular formula is C13H22N4OS. The predicted molar refractivity (Wildman–Crippen MR) is 81.0 cm³/mol. The minimum Gasteiger partial charge on any atom is -0.397 e. The van der Waals surface area contributed by atoms with Gasteiger partial charge in [-0.2, -0.15) is 0 Å². The van der Waals surface area contributed by atoms with Crippen LogP contribution in [0.3, 0.4) is 0 Å². The molecule has 0 saturated carbocycles. The summed E-state index contributed by atoms with van der Waals surface area (Å²) in [6, 6.07) is 2.50. The molecule has 1 unspecified atom stereocenters. The molecule has 3 N–H and O–H groups in total. The van der Waals surface area contributed by atoms with Crippen molar-refractivity contribution in [2.45, 2.75) is 19.4 Å². The molecule has 19 heavy (non-hydrogen) atoms. The van der Waals surface area contributed by atoms with Crippen molar-refractivity contribution in [3.05, 3.63) is 10.9 Å². The largest absolute Gasteiger partial charge is 0.397 e. The lowest BCUT2D eigenvalue weighted by Gasteiger charge is -2.20. The third kappa shape index (κ3) is 3.01. The number of nitrogens with one attached hydrogen (secondary N) is 1. The van der Waals surface area contributed by atoms with Crippen molar-refractivity contribution in [3.63, 3.8) is 0 Å². The van der Waals surface area contributed by atoms with Crippen LogP contribution >= 0.6 is 11.3 Å². The third-order valence-corrected chi connectivity index (χ3v) is 4.71. The van der Waals surface area contributed by atoms with Crippen LogP contribution in [0, 0.1) is 0 Å². The van der Waals surface area contributed by atoms with Gasteiger partial charge in [-0.25, -0.2) is 0 Å². The lowest BCUT2D eigenvalue weighted by molar-refractivity contribution is 0.0960. The van der Waals surface area contributed by atoms with Crippen LogP contribution in [0.5, 0.6) is 0 Å². The first-order chi connectivity index (χ1) is 9.02. The summed E-state index contributed by atoms with van der Waals surface area (Å²) in [4.78, 5) is 17.1. The van der Waals surface area contributed by atoms with Crippen molar-refractivity contribution in [2.75, 3.05) is 44.4 Å². The second-order valence-corrected chi connectivity index (χ2v) is 6.11. The third-order valence-electron chi connectivity index (χ3n) is 3.50. The van der Waals surface area contributed by atoms with E-state index in [-0.39, 0.29) is 5.91 Å². The van der Waals surface area contributed by atoms with Gasteiger partial charge in [0.2, 0.25) is 0 Å². The fourth-order valence-electron chi connectivity index (χ4n) is 2.33. The average Bonchev–Trinajstić information content (AvgIpc) is 2.95. The second kappa shape index (κ2) is 5.79. The zero-order valence-corrected chi connectivity index (χ0v) is 12.6. The van der Waals surface area contributed by atoms with E-state index in [0.717, 1.165) is 24.5 Å². The summed E-state index contributed by atoms with van der Waals surface area (Å²) in [5.41, 5.74) is 6.53. The van der Waals surface area contributed by atoms with Gasteiger partial charge < -0.3 is 20.9 Å². The number of amides is 1. The number of thiophene rings is 1. The number of hydrogen-bond donors (Lipinski definition) is 2. The Balaban J connectivity index is 2.10. The standard InChI is InChI=1S/C13H22N4OS/c1-4-15-13(18)12-10(14)7-11(19-12)17-6-5-9(8-17)16(2)3/h7,9H,4-6,8,14H2,1-3H3,(H,15,18). The van der Waals surface area contributed by atoms with Crippen LogP contribution in [0.15, 0.2) is 6.07 Å². The van der Waals surface area contributed by atoms with E-state index in [4.69, 9.17) is 5.73 Å². The highest BCUT2D eigenvalue weighted by atomic mass is 32.1. The van der Waals surface area contributed by atoms with E-state index >= 15 is 0 Å². The van der Waals surface area contributed by atoms with E-state index in [0.29, 0.717) is 23.2 Å².